The summed E-state index contributed by atoms with van der Waals surface area (Å²) in [4.78, 5) is 26.3. The molecule has 150 valence electrons. The number of piperidine rings is 1. The number of nitrogens with one attached hydrogen (secondary N) is 1. The van der Waals surface area contributed by atoms with Gasteiger partial charge in [0.05, 0.1) is 6.61 Å². The molecule has 8 heteroatoms. The van der Waals surface area contributed by atoms with Gasteiger partial charge in [-0.2, -0.15) is 0 Å². The molecule has 2 heterocycles. The number of rotatable bonds is 7. The lowest BCUT2D eigenvalue weighted by molar-refractivity contribution is -0.124. The molecule has 1 saturated heterocycles. The van der Waals surface area contributed by atoms with Crippen LogP contribution >= 0.6 is 0 Å². The molecule has 1 N–H and O–H groups in total. The highest BCUT2D eigenvalue weighted by Crippen LogP contribution is 2.26. The molecule has 3 rings (SSSR count). The maximum absolute atomic E-state index is 12.4. The Morgan fingerprint density at radius 1 is 1.21 bits per heavy atom. The number of hydrogen-bond donors (Lipinski definition) is 1. The average molecular weight is 387 g/mol. The molecule has 0 spiro atoms. The third-order valence-corrected chi connectivity index (χ3v) is 4.50. The van der Waals surface area contributed by atoms with Crippen molar-refractivity contribution in [3.63, 3.8) is 0 Å². The Hall–Kier alpha value is -3.03. The minimum Gasteiger partial charge on any atom is -0.490 e. The summed E-state index contributed by atoms with van der Waals surface area (Å²) in [7, 11) is 0. The van der Waals surface area contributed by atoms with E-state index in [2.05, 4.69) is 10.5 Å². The highest BCUT2D eigenvalue weighted by molar-refractivity contribution is 5.92. The smallest absolute Gasteiger partial charge is 0.276 e. The number of carbonyl (C=O) groups is 2. The van der Waals surface area contributed by atoms with Crippen molar-refractivity contribution in [3.05, 3.63) is 41.8 Å². The van der Waals surface area contributed by atoms with E-state index in [0.29, 0.717) is 55.5 Å². The van der Waals surface area contributed by atoms with Crippen LogP contribution in [-0.2, 0) is 4.79 Å². The molecule has 2 aromatic rings. The average Bonchev–Trinajstić information content (AvgIpc) is 3.14. The quantitative estimate of drug-likeness (QED) is 0.783. The fraction of sp³-hybridized carbons (Fsp3) is 0.450. The Kier molecular flexibility index (Phi) is 6.52. The van der Waals surface area contributed by atoms with Gasteiger partial charge in [-0.15, -0.1) is 0 Å². The number of hydrogen-bond acceptors (Lipinski definition) is 6. The first-order chi connectivity index (χ1) is 13.6. The number of nitrogens with zero attached hydrogens (tertiary/aromatic N) is 2. The topological polar surface area (TPSA) is 93.9 Å². The standard InChI is InChI=1S/C20H25N3O5/c1-3-26-17-6-4-5-7-18(17)27-13-19(24)21-15-8-10-23(11-9-15)20(25)16-12-14(2)28-22-16/h4-7,12,15H,3,8-11,13H2,1-2H3,(H,21,24). The maximum Gasteiger partial charge on any atom is 0.276 e. The molecule has 1 aromatic carbocycles. The van der Waals surface area contributed by atoms with Crippen molar-refractivity contribution >= 4 is 11.8 Å². The van der Waals surface area contributed by atoms with Gasteiger partial charge in [-0.3, -0.25) is 9.59 Å². The van der Waals surface area contributed by atoms with Crippen molar-refractivity contribution in [2.75, 3.05) is 26.3 Å². The molecule has 0 aliphatic carbocycles. The van der Waals surface area contributed by atoms with Crippen molar-refractivity contribution in [3.8, 4) is 11.5 Å². The van der Waals surface area contributed by atoms with Crippen LogP contribution in [-0.4, -0.2) is 54.2 Å². The van der Waals surface area contributed by atoms with Gasteiger partial charge in [0.15, 0.2) is 23.8 Å². The summed E-state index contributed by atoms with van der Waals surface area (Å²) < 4.78 is 16.0. The number of para-hydroxylation sites is 2. The van der Waals surface area contributed by atoms with Crippen molar-refractivity contribution < 1.29 is 23.6 Å². The van der Waals surface area contributed by atoms with Gasteiger partial charge in [-0.25, -0.2) is 0 Å². The number of benzene rings is 1. The first kappa shape index (κ1) is 19.7. The number of likely N-dealkylation sites (tertiary alicyclic amines) is 1. The Balaban J connectivity index is 1.43. The van der Waals surface area contributed by atoms with Crippen LogP contribution in [0.1, 0.15) is 36.0 Å². The second-order valence-electron chi connectivity index (χ2n) is 6.63. The fourth-order valence-electron chi connectivity index (χ4n) is 3.11. The minimum absolute atomic E-state index is 0.0151. The fourth-order valence-corrected chi connectivity index (χ4v) is 3.11. The molecule has 8 nitrogen and oxygen atoms in total. The lowest BCUT2D eigenvalue weighted by Crippen LogP contribution is -2.47. The summed E-state index contributed by atoms with van der Waals surface area (Å²) in [6.07, 6.45) is 1.37. The first-order valence-electron chi connectivity index (χ1n) is 9.43. The van der Waals surface area contributed by atoms with Crippen LogP contribution in [0.2, 0.25) is 0 Å². The van der Waals surface area contributed by atoms with Gasteiger partial charge in [0.1, 0.15) is 5.76 Å². The summed E-state index contributed by atoms with van der Waals surface area (Å²) in [6, 6.07) is 8.91. The van der Waals surface area contributed by atoms with E-state index in [-0.39, 0.29) is 24.5 Å². The van der Waals surface area contributed by atoms with E-state index in [4.69, 9.17) is 14.0 Å². The molecule has 0 bridgehead atoms. The zero-order valence-corrected chi connectivity index (χ0v) is 16.1. The molecule has 0 atom stereocenters. The molecule has 0 saturated carbocycles. The Morgan fingerprint density at radius 3 is 2.50 bits per heavy atom. The summed E-state index contributed by atoms with van der Waals surface area (Å²) >= 11 is 0. The van der Waals surface area contributed by atoms with E-state index in [1.807, 2.05) is 19.1 Å². The van der Waals surface area contributed by atoms with Gasteiger partial charge in [0.2, 0.25) is 0 Å². The van der Waals surface area contributed by atoms with E-state index in [1.54, 1.807) is 30.0 Å². The number of carbonyl (C=O) groups excluding carboxylic acids is 2. The molecule has 0 unspecified atom stereocenters. The molecule has 0 radical (unpaired) electrons. The minimum atomic E-state index is -0.191. The van der Waals surface area contributed by atoms with Crippen LogP contribution < -0.4 is 14.8 Å². The van der Waals surface area contributed by atoms with Gasteiger partial charge in [-0.1, -0.05) is 17.3 Å². The third kappa shape index (κ3) is 5.03. The predicted molar refractivity (Wildman–Crippen MR) is 101 cm³/mol. The number of aromatic nitrogens is 1. The van der Waals surface area contributed by atoms with E-state index in [9.17, 15) is 9.59 Å². The Morgan fingerprint density at radius 2 is 1.89 bits per heavy atom. The van der Waals surface area contributed by atoms with Crippen LogP contribution in [0, 0.1) is 6.92 Å². The first-order valence-corrected chi connectivity index (χ1v) is 9.43. The zero-order valence-electron chi connectivity index (χ0n) is 16.1. The summed E-state index contributed by atoms with van der Waals surface area (Å²) in [5.41, 5.74) is 0.321. The van der Waals surface area contributed by atoms with Gasteiger partial charge in [0.25, 0.3) is 11.8 Å². The lowest BCUT2D eigenvalue weighted by atomic mass is 10.0. The van der Waals surface area contributed by atoms with Crippen LogP contribution in [0.3, 0.4) is 0 Å². The van der Waals surface area contributed by atoms with Crippen LogP contribution in [0.5, 0.6) is 11.5 Å². The Bertz CT molecular complexity index is 812. The molecule has 1 aliphatic heterocycles. The van der Waals surface area contributed by atoms with Crippen molar-refractivity contribution in [2.24, 2.45) is 0 Å². The van der Waals surface area contributed by atoms with E-state index >= 15 is 0 Å². The predicted octanol–water partition coefficient (Wildman–Crippen LogP) is 2.18. The van der Waals surface area contributed by atoms with Crippen LogP contribution in [0.25, 0.3) is 0 Å². The number of amides is 2. The number of aryl methyl sites for hydroxylation is 1. The molecule has 28 heavy (non-hydrogen) atoms. The molecule has 1 fully saturated rings. The highest BCUT2D eigenvalue weighted by Gasteiger charge is 2.26. The normalized spacial score (nSPS) is 14.6. The van der Waals surface area contributed by atoms with E-state index < -0.39 is 0 Å². The lowest BCUT2D eigenvalue weighted by Gasteiger charge is -2.31. The molecular formula is C20H25N3O5. The molecule has 2 amide bonds. The van der Waals surface area contributed by atoms with E-state index in [0.717, 1.165) is 0 Å². The van der Waals surface area contributed by atoms with E-state index in [1.165, 1.54) is 0 Å². The highest BCUT2D eigenvalue weighted by atomic mass is 16.5. The summed E-state index contributed by atoms with van der Waals surface area (Å²) in [5.74, 6) is 1.44. The second-order valence-corrected chi connectivity index (χ2v) is 6.63. The largest absolute Gasteiger partial charge is 0.490 e. The molecular weight excluding hydrogens is 362 g/mol. The SMILES string of the molecule is CCOc1ccccc1OCC(=O)NC1CCN(C(=O)c2cc(C)on2)CC1. The molecule has 1 aromatic heterocycles. The van der Waals surface area contributed by atoms with Gasteiger partial charge in [-0.05, 0) is 38.8 Å². The monoisotopic (exact) mass is 387 g/mol. The summed E-state index contributed by atoms with van der Waals surface area (Å²) in [6.45, 7) is 5.21. The second kappa shape index (κ2) is 9.25. The van der Waals surface area contributed by atoms with Gasteiger partial charge >= 0.3 is 0 Å². The van der Waals surface area contributed by atoms with Crippen molar-refractivity contribution in [2.45, 2.75) is 32.7 Å². The van der Waals surface area contributed by atoms with Gasteiger partial charge in [0, 0.05) is 25.2 Å². The summed E-state index contributed by atoms with van der Waals surface area (Å²) in [5, 5.41) is 6.74. The van der Waals surface area contributed by atoms with Crippen LogP contribution in [0.4, 0.5) is 0 Å². The van der Waals surface area contributed by atoms with Gasteiger partial charge < -0.3 is 24.2 Å². The third-order valence-electron chi connectivity index (χ3n) is 4.50. The Labute approximate surface area is 163 Å². The maximum atomic E-state index is 12.4. The van der Waals surface area contributed by atoms with Crippen molar-refractivity contribution in [1.29, 1.82) is 0 Å². The molecule has 1 aliphatic rings. The zero-order chi connectivity index (χ0) is 19.9. The van der Waals surface area contributed by atoms with Crippen LogP contribution in [0.15, 0.2) is 34.9 Å². The number of ether oxygens (including phenoxy) is 2. The van der Waals surface area contributed by atoms with Crippen molar-refractivity contribution in [1.82, 2.24) is 15.4 Å².